The largest absolute Gasteiger partial charge is 0.301 e. The van der Waals surface area contributed by atoms with E-state index in [0.717, 1.165) is 21.0 Å². The SMILES string of the molecule is Cc1ccc(SCC(=O)Nc2nc(-c3ccc(Cl)cc3)c(C)s2)cc1. The lowest BCUT2D eigenvalue weighted by Crippen LogP contribution is -2.13. The predicted octanol–water partition coefficient (Wildman–Crippen LogP) is 5.81. The van der Waals surface area contributed by atoms with Gasteiger partial charge in [-0.2, -0.15) is 0 Å². The number of hydrogen-bond donors (Lipinski definition) is 1. The van der Waals surface area contributed by atoms with Crippen molar-refractivity contribution in [3.05, 3.63) is 64.0 Å². The first-order valence-electron chi connectivity index (χ1n) is 7.74. The fraction of sp³-hybridized carbons (Fsp3) is 0.158. The van der Waals surface area contributed by atoms with Crippen molar-refractivity contribution in [2.75, 3.05) is 11.1 Å². The Morgan fingerprint density at radius 1 is 1.12 bits per heavy atom. The molecule has 6 heteroatoms. The molecule has 0 radical (unpaired) electrons. The minimum Gasteiger partial charge on any atom is -0.301 e. The van der Waals surface area contributed by atoms with Crippen molar-refractivity contribution in [2.24, 2.45) is 0 Å². The first-order valence-corrected chi connectivity index (χ1v) is 9.92. The van der Waals surface area contributed by atoms with Gasteiger partial charge in [0.2, 0.25) is 5.91 Å². The zero-order chi connectivity index (χ0) is 17.8. The molecule has 0 unspecified atom stereocenters. The summed E-state index contributed by atoms with van der Waals surface area (Å²) < 4.78 is 0. The van der Waals surface area contributed by atoms with E-state index in [2.05, 4.69) is 10.3 Å². The molecule has 0 aliphatic carbocycles. The lowest BCUT2D eigenvalue weighted by molar-refractivity contribution is -0.113. The average Bonchev–Trinajstić information content (AvgIpc) is 2.95. The van der Waals surface area contributed by atoms with E-state index in [0.29, 0.717) is 15.9 Å². The number of carbonyl (C=O) groups excluding carboxylic acids is 1. The number of anilines is 1. The smallest absolute Gasteiger partial charge is 0.236 e. The number of rotatable bonds is 5. The molecular weight excluding hydrogens is 372 g/mol. The Morgan fingerprint density at radius 3 is 2.48 bits per heavy atom. The normalized spacial score (nSPS) is 10.7. The molecule has 1 heterocycles. The molecule has 0 bridgehead atoms. The van der Waals surface area contributed by atoms with E-state index < -0.39 is 0 Å². The van der Waals surface area contributed by atoms with Gasteiger partial charge in [0.25, 0.3) is 0 Å². The van der Waals surface area contributed by atoms with Crippen molar-refractivity contribution in [2.45, 2.75) is 18.7 Å². The van der Waals surface area contributed by atoms with Crippen LogP contribution in [0.3, 0.4) is 0 Å². The quantitative estimate of drug-likeness (QED) is 0.560. The summed E-state index contributed by atoms with van der Waals surface area (Å²) in [4.78, 5) is 18.9. The summed E-state index contributed by atoms with van der Waals surface area (Å²) in [5.74, 6) is 0.305. The molecule has 1 aromatic heterocycles. The molecule has 3 aromatic rings. The highest BCUT2D eigenvalue weighted by Gasteiger charge is 2.12. The summed E-state index contributed by atoms with van der Waals surface area (Å²) in [6, 6.07) is 15.7. The van der Waals surface area contributed by atoms with Crippen LogP contribution in [0.25, 0.3) is 11.3 Å². The van der Waals surface area contributed by atoms with Crippen LogP contribution in [0.1, 0.15) is 10.4 Å². The Morgan fingerprint density at radius 2 is 1.80 bits per heavy atom. The number of hydrogen-bond acceptors (Lipinski definition) is 4. The minimum atomic E-state index is -0.0537. The lowest BCUT2D eigenvalue weighted by Gasteiger charge is -2.02. The van der Waals surface area contributed by atoms with Crippen LogP contribution >= 0.6 is 34.7 Å². The van der Waals surface area contributed by atoms with E-state index in [1.165, 1.54) is 28.7 Å². The number of benzene rings is 2. The first kappa shape index (κ1) is 18.0. The molecular formula is C19H17ClN2OS2. The fourth-order valence-corrected chi connectivity index (χ4v) is 3.94. The Hall–Kier alpha value is -1.82. The number of thioether (sulfide) groups is 1. The lowest BCUT2D eigenvalue weighted by atomic mass is 10.1. The van der Waals surface area contributed by atoms with Crippen molar-refractivity contribution >= 4 is 45.7 Å². The number of halogens is 1. The van der Waals surface area contributed by atoms with Crippen LogP contribution in [-0.4, -0.2) is 16.6 Å². The van der Waals surface area contributed by atoms with Crippen molar-refractivity contribution in [1.29, 1.82) is 0 Å². The maximum Gasteiger partial charge on any atom is 0.236 e. The molecule has 0 saturated heterocycles. The Bertz CT molecular complexity index is 873. The predicted molar refractivity (Wildman–Crippen MR) is 108 cm³/mol. The van der Waals surface area contributed by atoms with Gasteiger partial charge in [-0.15, -0.1) is 23.1 Å². The van der Waals surface area contributed by atoms with Crippen LogP contribution in [0.2, 0.25) is 5.02 Å². The summed E-state index contributed by atoms with van der Waals surface area (Å²) in [6.45, 7) is 4.04. The molecule has 3 nitrogen and oxygen atoms in total. The van der Waals surface area contributed by atoms with Gasteiger partial charge in [-0.05, 0) is 38.1 Å². The number of nitrogens with one attached hydrogen (secondary N) is 1. The van der Waals surface area contributed by atoms with Gasteiger partial charge in [-0.3, -0.25) is 4.79 Å². The second-order valence-electron chi connectivity index (χ2n) is 5.58. The molecule has 0 saturated carbocycles. The third-order valence-corrected chi connectivity index (χ3v) is 5.70. The van der Waals surface area contributed by atoms with Crippen LogP contribution in [0, 0.1) is 13.8 Å². The molecule has 0 spiro atoms. The molecule has 128 valence electrons. The molecule has 1 amide bonds. The van der Waals surface area contributed by atoms with Gasteiger partial charge in [0.15, 0.2) is 5.13 Å². The Kier molecular flexibility index (Phi) is 5.78. The average molecular weight is 389 g/mol. The summed E-state index contributed by atoms with van der Waals surface area (Å²) >= 11 is 8.93. The number of aryl methyl sites for hydroxylation is 2. The molecule has 25 heavy (non-hydrogen) atoms. The maximum absolute atomic E-state index is 12.2. The second kappa shape index (κ2) is 8.04. The molecule has 1 N–H and O–H groups in total. The van der Waals surface area contributed by atoms with Crippen LogP contribution < -0.4 is 5.32 Å². The van der Waals surface area contributed by atoms with Gasteiger partial charge in [0, 0.05) is 20.4 Å². The number of thiazole rings is 1. The number of aromatic nitrogens is 1. The number of carbonyl (C=O) groups is 1. The van der Waals surface area contributed by atoms with Gasteiger partial charge in [0.05, 0.1) is 11.4 Å². The van der Waals surface area contributed by atoms with E-state index in [4.69, 9.17) is 11.6 Å². The van der Waals surface area contributed by atoms with Crippen molar-refractivity contribution in [1.82, 2.24) is 4.98 Å². The van der Waals surface area contributed by atoms with Gasteiger partial charge in [-0.1, -0.05) is 41.4 Å². The van der Waals surface area contributed by atoms with Gasteiger partial charge in [-0.25, -0.2) is 4.98 Å². The molecule has 0 aliphatic heterocycles. The van der Waals surface area contributed by atoms with Crippen LogP contribution in [0.4, 0.5) is 5.13 Å². The van der Waals surface area contributed by atoms with Crippen LogP contribution in [0.5, 0.6) is 0 Å². The zero-order valence-corrected chi connectivity index (χ0v) is 16.3. The highest BCUT2D eigenvalue weighted by molar-refractivity contribution is 8.00. The molecule has 0 aliphatic rings. The minimum absolute atomic E-state index is 0.0537. The van der Waals surface area contributed by atoms with E-state index in [9.17, 15) is 4.79 Å². The van der Waals surface area contributed by atoms with E-state index in [1.807, 2.05) is 62.4 Å². The monoisotopic (exact) mass is 388 g/mol. The molecule has 0 atom stereocenters. The number of amides is 1. The van der Waals surface area contributed by atoms with Crippen molar-refractivity contribution in [3.8, 4) is 11.3 Å². The summed E-state index contributed by atoms with van der Waals surface area (Å²) in [5, 5.41) is 4.20. The van der Waals surface area contributed by atoms with Crippen molar-refractivity contribution in [3.63, 3.8) is 0 Å². The van der Waals surface area contributed by atoms with E-state index in [-0.39, 0.29) is 5.91 Å². The Labute approximate surface area is 160 Å². The van der Waals surface area contributed by atoms with Crippen molar-refractivity contribution < 1.29 is 4.79 Å². The van der Waals surface area contributed by atoms with Gasteiger partial charge >= 0.3 is 0 Å². The topological polar surface area (TPSA) is 42.0 Å². The third-order valence-electron chi connectivity index (χ3n) is 3.55. The van der Waals surface area contributed by atoms with E-state index in [1.54, 1.807) is 0 Å². The highest BCUT2D eigenvalue weighted by atomic mass is 35.5. The first-order chi connectivity index (χ1) is 12.0. The standard InChI is InChI=1S/C19H17ClN2OS2/c1-12-3-9-16(10-4-12)24-11-17(23)21-19-22-18(13(2)25-19)14-5-7-15(20)8-6-14/h3-10H,11H2,1-2H3,(H,21,22,23). The summed E-state index contributed by atoms with van der Waals surface area (Å²) in [5.41, 5.74) is 3.08. The maximum atomic E-state index is 12.2. The Balaban J connectivity index is 1.62. The van der Waals surface area contributed by atoms with Crippen LogP contribution in [0.15, 0.2) is 53.4 Å². The van der Waals surface area contributed by atoms with E-state index >= 15 is 0 Å². The zero-order valence-electron chi connectivity index (χ0n) is 13.9. The molecule has 0 fully saturated rings. The highest BCUT2D eigenvalue weighted by Crippen LogP contribution is 2.31. The fourth-order valence-electron chi connectivity index (χ4n) is 2.26. The van der Waals surface area contributed by atoms with Gasteiger partial charge < -0.3 is 5.32 Å². The second-order valence-corrected chi connectivity index (χ2v) is 8.27. The third kappa shape index (κ3) is 4.84. The molecule has 2 aromatic carbocycles. The van der Waals surface area contributed by atoms with Gasteiger partial charge in [0.1, 0.15) is 0 Å². The van der Waals surface area contributed by atoms with Crippen LogP contribution in [-0.2, 0) is 4.79 Å². The molecule has 3 rings (SSSR count). The number of nitrogens with zero attached hydrogens (tertiary/aromatic N) is 1. The summed E-state index contributed by atoms with van der Waals surface area (Å²) in [7, 11) is 0. The summed E-state index contributed by atoms with van der Waals surface area (Å²) in [6.07, 6.45) is 0.